The van der Waals surface area contributed by atoms with E-state index in [9.17, 15) is 8.42 Å². The number of nitrogens with one attached hydrogen (secondary N) is 1. The van der Waals surface area contributed by atoms with Crippen LogP contribution in [-0.4, -0.2) is 39.0 Å². The highest BCUT2D eigenvalue weighted by Gasteiger charge is 2.28. The Bertz CT molecular complexity index is 797. The lowest BCUT2D eigenvalue weighted by atomic mass is 10.2. The second-order valence-corrected chi connectivity index (χ2v) is 7.85. The lowest BCUT2D eigenvalue weighted by Gasteiger charge is -2.17. The van der Waals surface area contributed by atoms with Gasteiger partial charge in [-0.2, -0.15) is 5.26 Å². The van der Waals surface area contributed by atoms with Crippen molar-refractivity contribution in [1.29, 1.82) is 5.26 Å². The molecule has 1 N–H and O–H groups in total. The summed E-state index contributed by atoms with van der Waals surface area (Å²) in [5.41, 5.74) is 1.25. The van der Waals surface area contributed by atoms with Crippen molar-refractivity contribution >= 4 is 21.6 Å². The number of halogens is 1. The first-order valence-corrected chi connectivity index (χ1v) is 9.46. The third-order valence-electron chi connectivity index (χ3n) is 3.77. The molecule has 1 aliphatic rings. The molecule has 0 unspecified atom stereocenters. The quantitative estimate of drug-likeness (QED) is 0.786. The van der Waals surface area contributed by atoms with Crippen LogP contribution >= 0.6 is 11.6 Å². The van der Waals surface area contributed by atoms with E-state index in [2.05, 4.69) is 16.2 Å². The molecule has 1 aromatic carbocycles. The molecule has 2 rings (SSSR count). The molecule has 7 heteroatoms. The van der Waals surface area contributed by atoms with Crippen LogP contribution in [0.1, 0.15) is 18.9 Å². The topological polar surface area (TPSA) is 73.2 Å². The highest BCUT2D eigenvalue weighted by Crippen LogP contribution is 2.23. The largest absolute Gasteiger partial charge is 0.297 e. The fourth-order valence-corrected chi connectivity index (χ4v) is 4.50. The Morgan fingerprint density at radius 1 is 1.58 bits per heavy atom. The fraction of sp³-hybridized carbons (Fsp3) is 0.353. The van der Waals surface area contributed by atoms with Gasteiger partial charge in [0.05, 0.1) is 16.7 Å². The Morgan fingerprint density at radius 2 is 2.33 bits per heavy atom. The number of rotatable bonds is 6. The lowest BCUT2D eigenvalue weighted by molar-refractivity contribution is 0.363. The molecule has 1 saturated heterocycles. The van der Waals surface area contributed by atoms with Crippen LogP contribution in [0.3, 0.4) is 0 Å². The average Bonchev–Trinajstić information content (AvgIpc) is 2.94. The maximum atomic E-state index is 12.6. The van der Waals surface area contributed by atoms with Crippen LogP contribution in [0.5, 0.6) is 0 Å². The van der Waals surface area contributed by atoms with E-state index in [-0.39, 0.29) is 21.5 Å². The van der Waals surface area contributed by atoms with Gasteiger partial charge >= 0.3 is 0 Å². The minimum atomic E-state index is -3.77. The monoisotopic (exact) mass is 365 g/mol. The molecule has 5 nitrogen and oxygen atoms in total. The first kappa shape index (κ1) is 18.7. The van der Waals surface area contributed by atoms with Crippen LogP contribution in [0, 0.1) is 11.3 Å². The zero-order chi connectivity index (χ0) is 17.7. The summed E-state index contributed by atoms with van der Waals surface area (Å²) in [6, 6.07) is 5.96. The first-order valence-electron chi connectivity index (χ1n) is 7.60. The summed E-state index contributed by atoms with van der Waals surface area (Å²) in [5, 5.41) is 9.05. The van der Waals surface area contributed by atoms with Gasteiger partial charge in [0.2, 0.25) is 10.0 Å². The molecule has 1 atom stereocenters. The number of nitriles is 1. The Hall–Kier alpha value is -1.65. The van der Waals surface area contributed by atoms with Gasteiger partial charge in [0.15, 0.2) is 0 Å². The molecular weight excluding hydrogens is 346 g/mol. The molecule has 1 aliphatic heterocycles. The highest BCUT2D eigenvalue weighted by molar-refractivity contribution is 7.89. The normalized spacial score (nSPS) is 18.8. The maximum absolute atomic E-state index is 12.6. The van der Waals surface area contributed by atoms with Gasteiger partial charge in [-0.3, -0.25) is 4.90 Å². The van der Waals surface area contributed by atoms with E-state index in [0.29, 0.717) is 13.1 Å². The fourth-order valence-electron chi connectivity index (χ4n) is 2.71. The van der Waals surface area contributed by atoms with Crippen LogP contribution in [-0.2, 0) is 10.0 Å². The summed E-state index contributed by atoms with van der Waals surface area (Å²) in [6.07, 6.45) is 4.60. The Labute approximate surface area is 148 Å². The summed E-state index contributed by atoms with van der Waals surface area (Å²) in [7, 11) is -3.77. The second-order valence-electron chi connectivity index (χ2n) is 5.76. The van der Waals surface area contributed by atoms with Crippen molar-refractivity contribution in [2.24, 2.45) is 0 Å². The van der Waals surface area contributed by atoms with Crippen molar-refractivity contribution in [3.8, 4) is 6.07 Å². The summed E-state index contributed by atoms with van der Waals surface area (Å²) >= 11 is 6.00. The molecule has 0 bridgehead atoms. The van der Waals surface area contributed by atoms with Gasteiger partial charge in [-0.15, -0.1) is 0 Å². The highest BCUT2D eigenvalue weighted by atomic mass is 35.5. The van der Waals surface area contributed by atoms with Crippen molar-refractivity contribution in [3.63, 3.8) is 0 Å². The van der Waals surface area contributed by atoms with E-state index in [4.69, 9.17) is 16.9 Å². The standard InChI is InChI=1S/C17H20ClN3O2S/c1-3-4-13(2)11-21-8-7-15(12-21)20-24(22,23)17-9-14(10-19)5-6-16(17)18/h3-6,9,15,20H,2,7-8,11-12H2,1H3/b4-3-/t15-/m1/s1. The van der Waals surface area contributed by atoms with Crippen LogP contribution < -0.4 is 4.72 Å². The van der Waals surface area contributed by atoms with Crippen molar-refractivity contribution in [2.75, 3.05) is 19.6 Å². The second kappa shape index (κ2) is 7.95. The molecule has 1 heterocycles. The molecule has 0 amide bonds. The number of hydrogen-bond acceptors (Lipinski definition) is 4. The third-order valence-corrected chi connectivity index (χ3v) is 5.78. The Morgan fingerprint density at radius 3 is 3.00 bits per heavy atom. The summed E-state index contributed by atoms with van der Waals surface area (Å²) in [5.74, 6) is 0. The predicted molar refractivity (Wildman–Crippen MR) is 95.3 cm³/mol. The van der Waals surface area contributed by atoms with Crippen LogP contribution in [0.25, 0.3) is 0 Å². The van der Waals surface area contributed by atoms with Gasteiger partial charge in [-0.05, 0) is 37.1 Å². The number of hydrogen-bond donors (Lipinski definition) is 1. The molecule has 128 valence electrons. The minimum Gasteiger partial charge on any atom is -0.297 e. The summed E-state index contributed by atoms with van der Waals surface area (Å²) in [4.78, 5) is 2.10. The van der Waals surface area contributed by atoms with Gasteiger partial charge in [0.25, 0.3) is 0 Å². The number of likely N-dealkylation sites (tertiary alicyclic amines) is 1. The summed E-state index contributed by atoms with van der Waals surface area (Å²) < 4.78 is 27.8. The van der Waals surface area contributed by atoms with Crippen molar-refractivity contribution < 1.29 is 8.42 Å². The van der Waals surface area contributed by atoms with E-state index in [1.54, 1.807) is 0 Å². The van der Waals surface area contributed by atoms with E-state index in [1.165, 1.54) is 18.2 Å². The number of benzene rings is 1. The Balaban J connectivity index is 2.06. The number of allylic oxidation sites excluding steroid dienone is 1. The van der Waals surface area contributed by atoms with Gasteiger partial charge < -0.3 is 0 Å². The average molecular weight is 366 g/mol. The minimum absolute atomic E-state index is 0.0556. The third kappa shape index (κ3) is 4.68. The molecular formula is C17H20ClN3O2S. The van der Waals surface area contributed by atoms with E-state index < -0.39 is 10.0 Å². The van der Waals surface area contributed by atoms with Crippen LogP contribution in [0.15, 0.2) is 47.4 Å². The van der Waals surface area contributed by atoms with Crippen LogP contribution in [0.4, 0.5) is 0 Å². The Kier molecular flexibility index (Phi) is 6.19. The SMILES string of the molecule is C=C(/C=C\C)CN1CC[C@@H](NS(=O)(=O)c2cc(C#N)ccc2Cl)C1. The first-order chi connectivity index (χ1) is 11.4. The van der Waals surface area contributed by atoms with Crippen molar-refractivity contribution in [3.05, 3.63) is 53.1 Å². The molecule has 0 radical (unpaired) electrons. The maximum Gasteiger partial charge on any atom is 0.242 e. The van der Waals surface area contributed by atoms with Crippen LogP contribution in [0.2, 0.25) is 5.02 Å². The van der Waals surface area contributed by atoms with E-state index in [1.807, 2.05) is 25.1 Å². The van der Waals surface area contributed by atoms with Gasteiger partial charge in [-0.1, -0.05) is 30.3 Å². The molecule has 0 saturated carbocycles. The van der Waals surface area contributed by atoms with Crippen molar-refractivity contribution in [2.45, 2.75) is 24.3 Å². The molecule has 0 aliphatic carbocycles. The number of sulfonamides is 1. The lowest BCUT2D eigenvalue weighted by Crippen LogP contribution is -2.37. The molecule has 24 heavy (non-hydrogen) atoms. The molecule has 0 spiro atoms. The molecule has 1 aromatic rings. The smallest absolute Gasteiger partial charge is 0.242 e. The van der Waals surface area contributed by atoms with Gasteiger partial charge in [0, 0.05) is 25.7 Å². The van der Waals surface area contributed by atoms with Crippen molar-refractivity contribution in [1.82, 2.24) is 9.62 Å². The van der Waals surface area contributed by atoms with E-state index >= 15 is 0 Å². The zero-order valence-electron chi connectivity index (χ0n) is 13.5. The zero-order valence-corrected chi connectivity index (χ0v) is 15.1. The van der Waals surface area contributed by atoms with Gasteiger partial charge in [-0.25, -0.2) is 13.1 Å². The number of nitrogens with zero attached hydrogens (tertiary/aromatic N) is 2. The summed E-state index contributed by atoms with van der Waals surface area (Å²) in [6.45, 7) is 8.04. The van der Waals surface area contributed by atoms with E-state index in [0.717, 1.165) is 18.5 Å². The molecule has 1 fully saturated rings. The predicted octanol–water partition coefficient (Wildman–Crippen LogP) is 2.70. The van der Waals surface area contributed by atoms with Gasteiger partial charge in [0.1, 0.15) is 4.90 Å². The molecule has 0 aromatic heterocycles.